The van der Waals surface area contributed by atoms with E-state index in [9.17, 15) is 19.5 Å². The van der Waals surface area contributed by atoms with Crippen LogP contribution in [0.2, 0.25) is 0 Å². The van der Waals surface area contributed by atoms with Gasteiger partial charge in [0, 0.05) is 19.5 Å². The van der Waals surface area contributed by atoms with Crippen molar-refractivity contribution < 1.29 is 24.2 Å². The van der Waals surface area contributed by atoms with Crippen LogP contribution in [-0.4, -0.2) is 52.9 Å². The van der Waals surface area contributed by atoms with Gasteiger partial charge in [-0.2, -0.15) is 0 Å². The Bertz CT molecular complexity index is 1000. The first-order valence-corrected chi connectivity index (χ1v) is 11.0. The normalized spacial score (nSPS) is 21.2. The van der Waals surface area contributed by atoms with Gasteiger partial charge < -0.3 is 20.1 Å². The molecule has 7 nitrogen and oxygen atoms in total. The molecule has 168 valence electrons. The molecule has 0 spiro atoms. The standard InChI is InChI=1S/C25H28N2O5/c1-16-24(22(29)15-32-16)26-25(31)20(12-17-6-8-21(28)9-7-17)13-23(30)27-11-10-18-4-2-3-5-19(18)14-27/h2-9,16,20,24,28H,10-15H2,1H3,(H,26,31). The number of phenols is 1. The van der Waals surface area contributed by atoms with Crippen LogP contribution in [0.3, 0.4) is 0 Å². The van der Waals surface area contributed by atoms with Crippen molar-refractivity contribution in [2.75, 3.05) is 13.2 Å². The van der Waals surface area contributed by atoms with E-state index < -0.39 is 18.1 Å². The highest BCUT2D eigenvalue weighted by atomic mass is 16.5. The quantitative estimate of drug-likeness (QED) is 0.722. The average Bonchev–Trinajstić information content (AvgIpc) is 3.11. The van der Waals surface area contributed by atoms with Gasteiger partial charge in [-0.3, -0.25) is 14.4 Å². The summed E-state index contributed by atoms with van der Waals surface area (Å²) in [6, 6.07) is 14.0. The first kappa shape index (κ1) is 22.0. The van der Waals surface area contributed by atoms with Gasteiger partial charge in [0.15, 0.2) is 5.78 Å². The Labute approximate surface area is 187 Å². The molecular formula is C25H28N2O5. The van der Waals surface area contributed by atoms with E-state index in [4.69, 9.17) is 4.74 Å². The number of nitrogens with zero attached hydrogens (tertiary/aromatic N) is 1. The van der Waals surface area contributed by atoms with E-state index in [1.807, 2.05) is 18.2 Å². The third-order valence-electron chi connectivity index (χ3n) is 6.30. The molecule has 2 aromatic rings. The molecule has 2 amide bonds. The zero-order valence-corrected chi connectivity index (χ0v) is 18.1. The SMILES string of the molecule is CC1OCC(=O)C1NC(=O)C(CC(=O)N1CCc2ccccc2C1)Cc1ccc(O)cc1. The number of fused-ring (bicyclic) bond motifs is 1. The number of hydrogen-bond donors (Lipinski definition) is 2. The van der Waals surface area contributed by atoms with Gasteiger partial charge >= 0.3 is 0 Å². The number of carbonyl (C=O) groups is 3. The van der Waals surface area contributed by atoms with E-state index >= 15 is 0 Å². The van der Waals surface area contributed by atoms with Crippen molar-refractivity contribution in [1.82, 2.24) is 10.2 Å². The second-order valence-corrected chi connectivity index (χ2v) is 8.57. The second-order valence-electron chi connectivity index (χ2n) is 8.57. The summed E-state index contributed by atoms with van der Waals surface area (Å²) in [6.07, 6.45) is 0.779. The lowest BCUT2D eigenvalue weighted by atomic mass is 9.93. The molecule has 0 saturated carbocycles. The van der Waals surface area contributed by atoms with E-state index in [-0.39, 0.29) is 36.4 Å². The molecule has 0 radical (unpaired) electrons. The largest absolute Gasteiger partial charge is 0.508 e. The molecule has 1 fully saturated rings. The maximum atomic E-state index is 13.1. The van der Waals surface area contributed by atoms with E-state index in [2.05, 4.69) is 11.4 Å². The second kappa shape index (κ2) is 9.53. The highest BCUT2D eigenvalue weighted by molar-refractivity contribution is 5.93. The molecule has 2 aromatic carbocycles. The molecular weight excluding hydrogens is 408 g/mol. The molecule has 0 aliphatic carbocycles. The number of amides is 2. The van der Waals surface area contributed by atoms with Crippen LogP contribution in [-0.2, 0) is 38.5 Å². The van der Waals surface area contributed by atoms with Gasteiger partial charge in [-0.05, 0) is 48.6 Å². The van der Waals surface area contributed by atoms with E-state index in [0.717, 1.165) is 17.5 Å². The van der Waals surface area contributed by atoms with Crippen LogP contribution >= 0.6 is 0 Å². The van der Waals surface area contributed by atoms with Gasteiger partial charge in [0.05, 0.1) is 12.0 Å². The molecule has 7 heteroatoms. The van der Waals surface area contributed by atoms with Gasteiger partial charge in [0.25, 0.3) is 0 Å². The molecule has 3 unspecified atom stereocenters. The molecule has 4 rings (SSSR count). The van der Waals surface area contributed by atoms with Crippen LogP contribution in [0, 0.1) is 5.92 Å². The average molecular weight is 437 g/mol. The van der Waals surface area contributed by atoms with Crippen molar-refractivity contribution in [1.29, 1.82) is 0 Å². The predicted molar refractivity (Wildman–Crippen MR) is 118 cm³/mol. The van der Waals surface area contributed by atoms with Crippen LogP contribution in [0.5, 0.6) is 5.75 Å². The minimum absolute atomic E-state index is 0.0130. The summed E-state index contributed by atoms with van der Waals surface area (Å²) in [5, 5.41) is 12.4. The Morgan fingerprint density at radius 3 is 2.56 bits per heavy atom. The van der Waals surface area contributed by atoms with Crippen LogP contribution in [0.25, 0.3) is 0 Å². The lowest BCUT2D eigenvalue weighted by molar-refractivity contribution is -0.137. The third kappa shape index (κ3) is 4.99. The smallest absolute Gasteiger partial charge is 0.224 e. The summed E-state index contributed by atoms with van der Waals surface area (Å²) in [5.74, 6) is -1.07. The van der Waals surface area contributed by atoms with Crippen molar-refractivity contribution in [3.8, 4) is 5.75 Å². The molecule has 1 saturated heterocycles. The number of benzene rings is 2. The van der Waals surface area contributed by atoms with Gasteiger partial charge in [-0.15, -0.1) is 0 Å². The van der Waals surface area contributed by atoms with Gasteiger partial charge in [-0.1, -0.05) is 36.4 Å². The lowest BCUT2D eigenvalue weighted by Gasteiger charge is -2.30. The summed E-state index contributed by atoms with van der Waals surface area (Å²) < 4.78 is 5.33. The van der Waals surface area contributed by atoms with Crippen molar-refractivity contribution >= 4 is 17.6 Å². The minimum Gasteiger partial charge on any atom is -0.508 e. The summed E-state index contributed by atoms with van der Waals surface area (Å²) in [5.41, 5.74) is 3.22. The Hall–Kier alpha value is -3.19. The van der Waals surface area contributed by atoms with Crippen LogP contribution < -0.4 is 5.32 Å². The number of ketones is 1. The fraction of sp³-hybridized carbons (Fsp3) is 0.400. The number of hydrogen-bond acceptors (Lipinski definition) is 5. The summed E-state index contributed by atoms with van der Waals surface area (Å²) >= 11 is 0. The molecule has 2 heterocycles. The monoisotopic (exact) mass is 436 g/mol. The minimum atomic E-state index is -0.693. The first-order chi connectivity index (χ1) is 15.4. The summed E-state index contributed by atoms with van der Waals surface area (Å²) in [6.45, 7) is 2.89. The Morgan fingerprint density at radius 1 is 1.16 bits per heavy atom. The molecule has 2 aliphatic heterocycles. The summed E-state index contributed by atoms with van der Waals surface area (Å²) in [7, 11) is 0. The number of phenolic OH excluding ortho intramolecular Hbond substituents is 1. The van der Waals surface area contributed by atoms with Gasteiger partial charge in [0.2, 0.25) is 11.8 Å². The Kier molecular flexibility index (Phi) is 6.55. The van der Waals surface area contributed by atoms with Gasteiger partial charge in [0.1, 0.15) is 18.4 Å². The molecule has 3 atom stereocenters. The first-order valence-electron chi connectivity index (χ1n) is 11.0. The molecule has 32 heavy (non-hydrogen) atoms. The molecule has 2 N–H and O–H groups in total. The topological polar surface area (TPSA) is 95.9 Å². The number of Topliss-reactive ketones (excluding diaryl/α,β-unsaturated/α-hetero) is 1. The maximum absolute atomic E-state index is 13.1. The van der Waals surface area contributed by atoms with Crippen molar-refractivity contribution in [2.45, 2.75) is 44.9 Å². The van der Waals surface area contributed by atoms with Crippen molar-refractivity contribution in [2.24, 2.45) is 5.92 Å². The number of carbonyl (C=O) groups excluding carboxylic acids is 3. The van der Waals surface area contributed by atoms with Crippen LogP contribution in [0.1, 0.15) is 30.0 Å². The third-order valence-corrected chi connectivity index (χ3v) is 6.30. The predicted octanol–water partition coefficient (Wildman–Crippen LogP) is 2.00. The van der Waals surface area contributed by atoms with Crippen molar-refractivity contribution in [3.05, 3.63) is 65.2 Å². The maximum Gasteiger partial charge on any atom is 0.224 e. The summed E-state index contributed by atoms with van der Waals surface area (Å²) in [4.78, 5) is 40.2. The van der Waals surface area contributed by atoms with Crippen LogP contribution in [0.4, 0.5) is 0 Å². The Balaban J connectivity index is 1.48. The lowest BCUT2D eigenvalue weighted by Crippen LogP contribution is -2.47. The Morgan fingerprint density at radius 2 is 1.88 bits per heavy atom. The zero-order chi connectivity index (χ0) is 22.7. The number of rotatable bonds is 6. The van der Waals surface area contributed by atoms with E-state index in [0.29, 0.717) is 19.5 Å². The zero-order valence-electron chi connectivity index (χ0n) is 18.1. The molecule has 0 bridgehead atoms. The van der Waals surface area contributed by atoms with E-state index in [1.54, 1.807) is 36.1 Å². The highest BCUT2D eigenvalue weighted by Gasteiger charge is 2.36. The number of ether oxygens (including phenoxy) is 1. The number of nitrogens with one attached hydrogen (secondary N) is 1. The number of aromatic hydroxyl groups is 1. The van der Waals surface area contributed by atoms with E-state index in [1.165, 1.54) is 5.56 Å². The highest BCUT2D eigenvalue weighted by Crippen LogP contribution is 2.22. The van der Waals surface area contributed by atoms with Crippen molar-refractivity contribution in [3.63, 3.8) is 0 Å². The fourth-order valence-corrected chi connectivity index (χ4v) is 4.35. The molecule has 2 aliphatic rings. The van der Waals surface area contributed by atoms with Crippen LogP contribution in [0.15, 0.2) is 48.5 Å². The van der Waals surface area contributed by atoms with Gasteiger partial charge in [-0.25, -0.2) is 0 Å². The fourth-order valence-electron chi connectivity index (χ4n) is 4.35. The molecule has 0 aromatic heterocycles.